The first-order valence-electron chi connectivity index (χ1n) is 9.14. The lowest BCUT2D eigenvalue weighted by molar-refractivity contribution is -0.116. The molecular weight excluding hydrogens is 322 g/mol. The molecular formula is C23H27NO2. The number of fused-ring (bicyclic) bond motifs is 1. The molecule has 3 rings (SSSR count). The molecule has 0 saturated heterocycles. The standard InChI is InChI=1S/C23H27NO2/c1-15-6-8-20(9-7-15)12-16(2)14-26-22-13-17(3)23-21(18(22)4)10-11-24(23)19(5)25/h6-9,12-13H,10-11,14H2,1-5H3. The van der Waals surface area contributed by atoms with Gasteiger partial charge in [-0.25, -0.2) is 0 Å². The molecule has 3 heteroatoms. The summed E-state index contributed by atoms with van der Waals surface area (Å²) in [7, 11) is 0. The molecule has 0 saturated carbocycles. The van der Waals surface area contributed by atoms with Crippen molar-refractivity contribution in [3.8, 4) is 5.75 Å². The van der Waals surface area contributed by atoms with Crippen LogP contribution in [0.4, 0.5) is 5.69 Å². The van der Waals surface area contributed by atoms with Crippen LogP contribution in [0.3, 0.4) is 0 Å². The number of carbonyl (C=O) groups is 1. The average Bonchev–Trinajstić information content (AvgIpc) is 3.05. The molecule has 0 bridgehead atoms. The fourth-order valence-electron chi connectivity index (χ4n) is 3.60. The van der Waals surface area contributed by atoms with E-state index < -0.39 is 0 Å². The van der Waals surface area contributed by atoms with Crippen LogP contribution in [-0.4, -0.2) is 19.1 Å². The van der Waals surface area contributed by atoms with E-state index >= 15 is 0 Å². The minimum absolute atomic E-state index is 0.108. The minimum Gasteiger partial charge on any atom is -0.489 e. The molecule has 0 aromatic heterocycles. The van der Waals surface area contributed by atoms with Crippen LogP contribution in [0, 0.1) is 20.8 Å². The van der Waals surface area contributed by atoms with Crippen LogP contribution in [0.1, 0.15) is 41.7 Å². The average molecular weight is 349 g/mol. The Balaban J connectivity index is 1.78. The fourth-order valence-corrected chi connectivity index (χ4v) is 3.60. The fraction of sp³-hybridized carbons (Fsp3) is 0.348. The summed E-state index contributed by atoms with van der Waals surface area (Å²) in [6.45, 7) is 11.3. The highest BCUT2D eigenvalue weighted by Crippen LogP contribution is 2.38. The Morgan fingerprint density at radius 1 is 1.15 bits per heavy atom. The zero-order valence-corrected chi connectivity index (χ0v) is 16.3. The summed E-state index contributed by atoms with van der Waals surface area (Å²) >= 11 is 0. The summed E-state index contributed by atoms with van der Waals surface area (Å²) in [5.74, 6) is 1.03. The van der Waals surface area contributed by atoms with Gasteiger partial charge < -0.3 is 9.64 Å². The van der Waals surface area contributed by atoms with Gasteiger partial charge in [-0.05, 0) is 68.0 Å². The first-order valence-corrected chi connectivity index (χ1v) is 9.14. The van der Waals surface area contributed by atoms with Crippen molar-refractivity contribution >= 4 is 17.7 Å². The van der Waals surface area contributed by atoms with Crippen molar-refractivity contribution in [2.75, 3.05) is 18.1 Å². The number of benzene rings is 2. The third-order valence-corrected chi connectivity index (χ3v) is 5.01. The topological polar surface area (TPSA) is 29.5 Å². The molecule has 0 aliphatic carbocycles. The second-order valence-corrected chi connectivity index (χ2v) is 7.25. The lowest BCUT2D eigenvalue weighted by Crippen LogP contribution is -2.26. The van der Waals surface area contributed by atoms with Crippen molar-refractivity contribution in [3.63, 3.8) is 0 Å². The molecule has 1 aliphatic heterocycles. The van der Waals surface area contributed by atoms with Crippen molar-refractivity contribution in [2.45, 2.75) is 41.0 Å². The third-order valence-electron chi connectivity index (χ3n) is 5.01. The van der Waals surface area contributed by atoms with Crippen molar-refractivity contribution in [1.29, 1.82) is 0 Å². The van der Waals surface area contributed by atoms with Crippen molar-refractivity contribution < 1.29 is 9.53 Å². The zero-order chi connectivity index (χ0) is 18.8. The van der Waals surface area contributed by atoms with Crippen LogP contribution in [0.5, 0.6) is 5.75 Å². The number of anilines is 1. The Labute approximate surface area is 156 Å². The molecule has 136 valence electrons. The third kappa shape index (κ3) is 3.67. The van der Waals surface area contributed by atoms with Gasteiger partial charge in [0, 0.05) is 13.5 Å². The number of hydrogen-bond donors (Lipinski definition) is 0. The van der Waals surface area contributed by atoms with E-state index in [1.165, 1.54) is 22.3 Å². The van der Waals surface area contributed by atoms with Crippen molar-refractivity contribution in [2.24, 2.45) is 0 Å². The van der Waals surface area contributed by atoms with Gasteiger partial charge in [-0.15, -0.1) is 0 Å². The van der Waals surface area contributed by atoms with Gasteiger partial charge in [-0.2, -0.15) is 0 Å². The molecule has 0 N–H and O–H groups in total. The van der Waals surface area contributed by atoms with Crippen LogP contribution in [-0.2, 0) is 11.2 Å². The van der Waals surface area contributed by atoms with E-state index in [-0.39, 0.29) is 5.91 Å². The van der Waals surface area contributed by atoms with Gasteiger partial charge in [0.05, 0.1) is 5.69 Å². The first kappa shape index (κ1) is 18.2. The van der Waals surface area contributed by atoms with Crippen LogP contribution >= 0.6 is 0 Å². The molecule has 0 spiro atoms. The highest BCUT2D eigenvalue weighted by molar-refractivity contribution is 5.95. The lowest BCUT2D eigenvalue weighted by atomic mass is 10.0. The molecule has 3 nitrogen and oxygen atoms in total. The van der Waals surface area contributed by atoms with E-state index in [0.717, 1.165) is 35.5 Å². The van der Waals surface area contributed by atoms with E-state index in [1.807, 2.05) is 4.90 Å². The highest BCUT2D eigenvalue weighted by Gasteiger charge is 2.27. The Hall–Kier alpha value is -2.55. The van der Waals surface area contributed by atoms with Gasteiger partial charge in [0.1, 0.15) is 12.4 Å². The van der Waals surface area contributed by atoms with E-state index in [2.05, 4.69) is 64.1 Å². The molecule has 1 amide bonds. The predicted octanol–water partition coefficient (Wildman–Crippen LogP) is 5.00. The van der Waals surface area contributed by atoms with Crippen LogP contribution in [0.2, 0.25) is 0 Å². The second kappa shape index (κ2) is 7.36. The minimum atomic E-state index is 0.108. The lowest BCUT2D eigenvalue weighted by Gasteiger charge is -2.20. The summed E-state index contributed by atoms with van der Waals surface area (Å²) in [5.41, 5.74) is 8.21. The maximum Gasteiger partial charge on any atom is 0.223 e. The summed E-state index contributed by atoms with van der Waals surface area (Å²) in [4.78, 5) is 13.7. The Morgan fingerprint density at radius 3 is 2.50 bits per heavy atom. The van der Waals surface area contributed by atoms with Gasteiger partial charge in [-0.1, -0.05) is 35.9 Å². The molecule has 1 aliphatic rings. The Kier molecular flexibility index (Phi) is 5.17. The SMILES string of the molecule is CC(=O)N1CCc2c(C)c(OCC(C)=Cc3ccc(C)cc3)cc(C)c21. The van der Waals surface area contributed by atoms with E-state index in [4.69, 9.17) is 4.74 Å². The van der Waals surface area contributed by atoms with Crippen LogP contribution < -0.4 is 9.64 Å². The molecule has 1 heterocycles. The summed E-state index contributed by atoms with van der Waals surface area (Å²) in [5, 5.41) is 0. The highest BCUT2D eigenvalue weighted by atomic mass is 16.5. The Morgan fingerprint density at radius 2 is 1.85 bits per heavy atom. The predicted molar refractivity (Wildman–Crippen MR) is 108 cm³/mol. The second-order valence-electron chi connectivity index (χ2n) is 7.25. The maximum atomic E-state index is 11.9. The molecule has 2 aromatic carbocycles. The maximum absolute atomic E-state index is 11.9. The van der Waals surface area contributed by atoms with Gasteiger partial charge >= 0.3 is 0 Å². The van der Waals surface area contributed by atoms with E-state index in [0.29, 0.717) is 6.61 Å². The smallest absolute Gasteiger partial charge is 0.223 e. The first-order chi connectivity index (χ1) is 12.4. The number of ether oxygens (including phenoxy) is 1. The summed E-state index contributed by atoms with van der Waals surface area (Å²) in [6, 6.07) is 10.6. The number of aryl methyl sites for hydroxylation is 2. The largest absolute Gasteiger partial charge is 0.489 e. The molecule has 0 unspecified atom stereocenters. The van der Waals surface area contributed by atoms with Gasteiger partial charge in [-0.3, -0.25) is 4.79 Å². The summed E-state index contributed by atoms with van der Waals surface area (Å²) < 4.78 is 6.12. The quantitative estimate of drug-likeness (QED) is 0.777. The van der Waals surface area contributed by atoms with Crippen LogP contribution in [0.15, 0.2) is 35.9 Å². The number of hydrogen-bond acceptors (Lipinski definition) is 2. The monoisotopic (exact) mass is 349 g/mol. The van der Waals surface area contributed by atoms with Gasteiger partial charge in [0.2, 0.25) is 5.91 Å². The van der Waals surface area contributed by atoms with Crippen molar-refractivity contribution in [3.05, 3.63) is 63.7 Å². The van der Waals surface area contributed by atoms with Crippen molar-refractivity contribution in [1.82, 2.24) is 0 Å². The number of carbonyl (C=O) groups excluding carboxylic acids is 1. The zero-order valence-electron chi connectivity index (χ0n) is 16.3. The van der Waals surface area contributed by atoms with Gasteiger partial charge in [0.25, 0.3) is 0 Å². The number of nitrogens with zero attached hydrogens (tertiary/aromatic N) is 1. The molecule has 0 fully saturated rings. The summed E-state index contributed by atoms with van der Waals surface area (Å²) in [6.07, 6.45) is 3.06. The molecule has 0 atom stereocenters. The molecule has 2 aromatic rings. The normalized spacial score (nSPS) is 13.7. The number of rotatable bonds is 4. The molecule has 26 heavy (non-hydrogen) atoms. The number of amides is 1. The Bertz CT molecular complexity index is 863. The molecule has 0 radical (unpaired) electrons. The van der Waals surface area contributed by atoms with E-state index in [1.54, 1.807) is 6.92 Å². The van der Waals surface area contributed by atoms with Crippen LogP contribution in [0.25, 0.3) is 6.08 Å². The van der Waals surface area contributed by atoms with Gasteiger partial charge in [0.15, 0.2) is 0 Å². The van der Waals surface area contributed by atoms with E-state index in [9.17, 15) is 4.79 Å².